The van der Waals surface area contributed by atoms with Gasteiger partial charge >= 0.3 is 5.97 Å². The molecule has 1 N–H and O–H groups in total. The minimum absolute atomic E-state index is 0.160. The summed E-state index contributed by atoms with van der Waals surface area (Å²) >= 11 is 8.75. The summed E-state index contributed by atoms with van der Waals surface area (Å²) in [5, 5.41) is 2.58. The third-order valence-electron chi connectivity index (χ3n) is 4.84. The van der Waals surface area contributed by atoms with Gasteiger partial charge in [0.1, 0.15) is 6.54 Å². The van der Waals surface area contributed by atoms with Gasteiger partial charge in [0.2, 0.25) is 5.91 Å². The number of nitrogens with zero attached hydrogens (tertiary/aromatic N) is 1. The highest BCUT2D eigenvalue weighted by atomic mass is 127. The van der Waals surface area contributed by atoms with Crippen LogP contribution in [0.2, 0.25) is 5.02 Å². The van der Waals surface area contributed by atoms with Crippen molar-refractivity contribution in [3.05, 3.63) is 55.0 Å². The molecule has 1 aliphatic rings. The van der Waals surface area contributed by atoms with E-state index in [9.17, 15) is 19.2 Å². The van der Waals surface area contributed by atoms with Gasteiger partial charge in [-0.05, 0) is 89.7 Å². The van der Waals surface area contributed by atoms with Crippen molar-refractivity contribution < 1.29 is 33.4 Å². The lowest BCUT2D eigenvalue weighted by Crippen LogP contribution is -2.36. The van der Waals surface area contributed by atoms with Crippen molar-refractivity contribution in [3.63, 3.8) is 0 Å². The summed E-state index contributed by atoms with van der Waals surface area (Å²) in [5.41, 5.74) is 1.88. The van der Waals surface area contributed by atoms with E-state index >= 15 is 0 Å². The van der Waals surface area contributed by atoms with Crippen molar-refractivity contribution in [2.45, 2.75) is 13.8 Å². The smallest absolute Gasteiger partial charge is 0.343 e. The van der Waals surface area contributed by atoms with E-state index in [1.807, 2.05) is 22.6 Å². The summed E-state index contributed by atoms with van der Waals surface area (Å²) in [6, 6.07) is 8.41. The maximum Gasteiger partial charge on any atom is 0.343 e. The summed E-state index contributed by atoms with van der Waals surface area (Å²) in [7, 11) is 1.26. The van der Waals surface area contributed by atoms with Crippen molar-refractivity contribution in [1.29, 1.82) is 0 Å². The SMILES string of the molecule is CCOc1cc(/C=C2/SC(=O)N(CC(=O)Nc3cc(Cl)ccc3C)C2=O)cc(I)c1OCC(=O)OC. The second-order valence-corrected chi connectivity index (χ2v) is 9.99. The molecule has 0 unspecified atom stereocenters. The van der Waals surface area contributed by atoms with E-state index in [2.05, 4.69) is 10.1 Å². The molecule has 12 heteroatoms. The number of esters is 1. The number of amides is 3. The number of ether oxygens (including phenoxy) is 3. The Kier molecular flexibility index (Phi) is 9.63. The lowest BCUT2D eigenvalue weighted by atomic mass is 10.2. The van der Waals surface area contributed by atoms with E-state index in [0.717, 1.165) is 22.2 Å². The van der Waals surface area contributed by atoms with E-state index in [4.69, 9.17) is 21.1 Å². The summed E-state index contributed by atoms with van der Waals surface area (Å²) in [6.45, 7) is 3.22. The number of rotatable bonds is 9. The van der Waals surface area contributed by atoms with E-state index in [1.54, 1.807) is 50.3 Å². The zero-order chi connectivity index (χ0) is 26.4. The Morgan fingerprint density at radius 2 is 1.94 bits per heavy atom. The fourth-order valence-electron chi connectivity index (χ4n) is 3.11. The van der Waals surface area contributed by atoms with Gasteiger partial charge in [-0.15, -0.1) is 0 Å². The first-order chi connectivity index (χ1) is 17.1. The van der Waals surface area contributed by atoms with Crippen LogP contribution >= 0.6 is 46.0 Å². The molecule has 1 aliphatic heterocycles. The number of thioether (sulfide) groups is 1. The highest BCUT2D eigenvalue weighted by molar-refractivity contribution is 14.1. The molecule has 0 radical (unpaired) electrons. The highest BCUT2D eigenvalue weighted by Gasteiger charge is 2.36. The van der Waals surface area contributed by atoms with Gasteiger partial charge in [-0.2, -0.15) is 0 Å². The quantitative estimate of drug-likeness (QED) is 0.234. The summed E-state index contributed by atoms with van der Waals surface area (Å²) < 4.78 is 16.4. The number of aryl methyl sites for hydroxylation is 1. The second kappa shape index (κ2) is 12.5. The first-order valence-corrected chi connectivity index (χ1v) is 12.9. The monoisotopic (exact) mass is 644 g/mol. The van der Waals surface area contributed by atoms with Crippen LogP contribution in [-0.2, 0) is 19.1 Å². The lowest BCUT2D eigenvalue weighted by Gasteiger charge is -2.14. The molecule has 2 aromatic carbocycles. The van der Waals surface area contributed by atoms with E-state index in [0.29, 0.717) is 37.9 Å². The first kappa shape index (κ1) is 27.8. The van der Waals surface area contributed by atoms with Crippen LogP contribution in [0, 0.1) is 10.5 Å². The Hall–Kier alpha value is -2.77. The van der Waals surface area contributed by atoms with Crippen molar-refractivity contribution in [1.82, 2.24) is 4.90 Å². The molecule has 0 saturated carbocycles. The van der Waals surface area contributed by atoms with Crippen LogP contribution in [0.1, 0.15) is 18.1 Å². The maximum atomic E-state index is 12.9. The Morgan fingerprint density at radius 3 is 2.64 bits per heavy atom. The molecule has 9 nitrogen and oxygen atoms in total. The zero-order valence-corrected chi connectivity index (χ0v) is 23.3. The number of imide groups is 1. The van der Waals surface area contributed by atoms with Crippen molar-refractivity contribution in [2.24, 2.45) is 0 Å². The van der Waals surface area contributed by atoms with E-state index < -0.39 is 29.6 Å². The minimum atomic E-state index is -0.582. The standard InChI is InChI=1S/C24H22ClIN2O7S/c1-4-34-18-8-14(7-16(26)22(18)35-12-21(30)33-3)9-19-23(31)28(24(32)36-19)11-20(29)27-17-10-15(25)6-5-13(17)2/h5-10H,4,11-12H2,1-3H3,(H,27,29)/b19-9+. The van der Waals surface area contributed by atoms with E-state index in [1.165, 1.54) is 7.11 Å². The fourth-order valence-corrected chi connectivity index (χ4v) is 4.91. The van der Waals surface area contributed by atoms with Crippen LogP contribution in [0.4, 0.5) is 10.5 Å². The molecule has 3 rings (SSSR count). The van der Waals surface area contributed by atoms with Crippen LogP contribution < -0.4 is 14.8 Å². The van der Waals surface area contributed by atoms with Crippen LogP contribution in [0.3, 0.4) is 0 Å². The van der Waals surface area contributed by atoms with Gasteiger partial charge in [0.05, 0.1) is 22.2 Å². The molecule has 1 heterocycles. The predicted octanol–water partition coefficient (Wildman–Crippen LogP) is 4.88. The van der Waals surface area contributed by atoms with Crippen molar-refractivity contribution in [2.75, 3.05) is 32.2 Å². The van der Waals surface area contributed by atoms with Gasteiger partial charge < -0.3 is 19.5 Å². The molecule has 0 bridgehead atoms. The Morgan fingerprint density at radius 1 is 1.19 bits per heavy atom. The van der Waals surface area contributed by atoms with Gasteiger partial charge in [-0.1, -0.05) is 17.7 Å². The Labute approximate surface area is 230 Å². The molecular formula is C24H22ClIN2O7S. The minimum Gasteiger partial charge on any atom is -0.490 e. The van der Waals surface area contributed by atoms with Crippen LogP contribution in [0.15, 0.2) is 35.2 Å². The molecule has 1 saturated heterocycles. The molecule has 0 aromatic heterocycles. The maximum absolute atomic E-state index is 12.9. The largest absolute Gasteiger partial charge is 0.490 e. The van der Waals surface area contributed by atoms with Gasteiger partial charge in [0, 0.05) is 10.7 Å². The average Bonchev–Trinajstić information content (AvgIpc) is 3.08. The number of hydrogen-bond acceptors (Lipinski definition) is 8. The van der Waals surface area contributed by atoms with Crippen molar-refractivity contribution >= 4 is 80.7 Å². The van der Waals surface area contributed by atoms with Gasteiger partial charge in [0.25, 0.3) is 11.1 Å². The number of nitrogens with one attached hydrogen (secondary N) is 1. The number of carbonyl (C=O) groups excluding carboxylic acids is 4. The first-order valence-electron chi connectivity index (χ1n) is 10.6. The van der Waals surface area contributed by atoms with Gasteiger partial charge in [0.15, 0.2) is 18.1 Å². The molecule has 0 spiro atoms. The molecule has 1 fully saturated rings. The summed E-state index contributed by atoms with van der Waals surface area (Å²) in [4.78, 5) is 50.4. The van der Waals surface area contributed by atoms with Crippen molar-refractivity contribution in [3.8, 4) is 11.5 Å². The third kappa shape index (κ3) is 6.92. The fraction of sp³-hybridized carbons (Fsp3) is 0.250. The Balaban J connectivity index is 1.77. The van der Waals surface area contributed by atoms with Gasteiger partial charge in [-0.3, -0.25) is 19.3 Å². The molecule has 0 atom stereocenters. The topological polar surface area (TPSA) is 111 Å². The van der Waals surface area contributed by atoms with Crippen LogP contribution in [-0.4, -0.2) is 54.8 Å². The number of carbonyl (C=O) groups is 4. The number of halogens is 2. The molecular weight excluding hydrogens is 623 g/mol. The van der Waals surface area contributed by atoms with Crippen LogP contribution in [0.5, 0.6) is 11.5 Å². The molecule has 36 heavy (non-hydrogen) atoms. The Bertz CT molecular complexity index is 1250. The van der Waals surface area contributed by atoms with Gasteiger partial charge in [-0.25, -0.2) is 4.79 Å². The molecule has 2 aromatic rings. The predicted molar refractivity (Wildman–Crippen MR) is 145 cm³/mol. The number of hydrogen-bond donors (Lipinski definition) is 1. The van der Waals surface area contributed by atoms with Crippen LogP contribution in [0.25, 0.3) is 6.08 Å². The average molecular weight is 645 g/mol. The number of anilines is 1. The van der Waals surface area contributed by atoms with E-state index in [-0.39, 0.29) is 11.5 Å². The lowest BCUT2D eigenvalue weighted by molar-refractivity contribution is -0.143. The normalized spacial score (nSPS) is 14.2. The number of benzene rings is 2. The summed E-state index contributed by atoms with van der Waals surface area (Å²) in [6.07, 6.45) is 1.54. The third-order valence-corrected chi connectivity index (χ3v) is 6.78. The molecule has 3 amide bonds. The zero-order valence-electron chi connectivity index (χ0n) is 19.6. The number of methoxy groups -OCH3 is 1. The highest BCUT2D eigenvalue weighted by Crippen LogP contribution is 2.37. The summed E-state index contributed by atoms with van der Waals surface area (Å²) in [5.74, 6) is -0.914. The molecule has 190 valence electrons. The second-order valence-electron chi connectivity index (χ2n) is 7.40. The molecule has 0 aliphatic carbocycles.